The smallest absolute Gasteiger partial charge is 0.227 e. The summed E-state index contributed by atoms with van der Waals surface area (Å²) in [5.74, 6) is 1.14. The largest absolute Gasteiger partial charge is 0.357 e. The third kappa shape index (κ3) is 7.00. The first-order valence-electron chi connectivity index (χ1n) is 10.3. The van der Waals surface area contributed by atoms with Gasteiger partial charge in [0.1, 0.15) is 0 Å². The van der Waals surface area contributed by atoms with Crippen LogP contribution in [0.25, 0.3) is 0 Å². The number of hydrogen-bond acceptors (Lipinski definition) is 3. The van der Waals surface area contributed by atoms with E-state index < -0.39 is 0 Å². The summed E-state index contributed by atoms with van der Waals surface area (Å²) in [5, 5.41) is 4.10. The summed E-state index contributed by atoms with van der Waals surface area (Å²) in [6.45, 7) is 8.05. The van der Waals surface area contributed by atoms with Gasteiger partial charge in [0.15, 0.2) is 5.96 Å². The molecule has 2 aliphatic heterocycles. The van der Waals surface area contributed by atoms with Gasteiger partial charge in [-0.25, -0.2) is 0 Å². The summed E-state index contributed by atoms with van der Waals surface area (Å²) < 4.78 is 0. The van der Waals surface area contributed by atoms with Crippen LogP contribution in [0.4, 0.5) is 0 Å². The van der Waals surface area contributed by atoms with Crippen LogP contribution in [0.15, 0.2) is 29.3 Å². The molecule has 1 atom stereocenters. The number of carbonyl (C=O) groups is 1. The maximum absolute atomic E-state index is 12.6. The molecular formula is C21H33ClIN5O. The van der Waals surface area contributed by atoms with Gasteiger partial charge in [0, 0.05) is 43.8 Å². The first kappa shape index (κ1) is 24.2. The van der Waals surface area contributed by atoms with Crippen LogP contribution in [0, 0.1) is 0 Å². The molecular weight excluding hydrogens is 501 g/mol. The molecule has 1 amide bonds. The van der Waals surface area contributed by atoms with Crippen molar-refractivity contribution in [2.45, 2.75) is 32.2 Å². The first-order chi connectivity index (χ1) is 13.6. The van der Waals surface area contributed by atoms with Crippen molar-refractivity contribution in [3.05, 3.63) is 34.9 Å². The summed E-state index contributed by atoms with van der Waals surface area (Å²) in [7, 11) is 2.18. The minimum absolute atomic E-state index is 0. The normalized spacial score (nSPS) is 20.5. The Kier molecular flexibility index (Phi) is 9.98. The van der Waals surface area contributed by atoms with E-state index in [1.165, 1.54) is 19.4 Å². The number of rotatable bonds is 5. The van der Waals surface area contributed by atoms with Crippen molar-refractivity contribution in [3.8, 4) is 0 Å². The fourth-order valence-corrected chi connectivity index (χ4v) is 4.14. The van der Waals surface area contributed by atoms with Gasteiger partial charge < -0.3 is 20.0 Å². The van der Waals surface area contributed by atoms with Crippen molar-refractivity contribution in [3.63, 3.8) is 0 Å². The Bertz CT molecular complexity index is 693. The van der Waals surface area contributed by atoms with Gasteiger partial charge in [0.25, 0.3) is 0 Å². The maximum Gasteiger partial charge on any atom is 0.227 e. The number of piperazine rings is 1. The average molecular weight is 534 g/mol. The van der Waals surface area contributed by atoms with Crippen molar-refractivity contribution >= 4 is 47.4 Å². The van der Waals surface area contributed by atoms with E-state index in [1.54, 1.807) is 0 Å². The number of carbonyl (C=O) groups excluding carboxylic acids is 1. The molecule has 0 bridgehead atoms. The second-order valence-electron chi connectivity index (χ2n) is 7.65. The molecule has 1 aromatic carbocycles. The molecule has 1 aromatic rings. The van der Waals surface area contributed by atoms with E-state index in [0.29, 0.717) is 17.5 Å². The number of nitrogens with one attached hydrogen (secondary N) is 1. The van der Waals surface area contributed by atoms with Crippen molar-refractivity contribution in [2.24, 2.45) is 4.99 Å². The van der Waals surface area contributed by atoms with Crippen molar-refractivity contribution in [2.75, 3.05) is 52.9 Å². The lowest BCUT2D eigenvalue weighted by atomic mass is 10.1. The predicted molar refractivity (Wildman–Crippen MR) is 130 cm³/mol. The average Bonchev–Trinajstić information content (AvgIpc) is 3.10. The number of aliphatic imine (C=N–C) groups is 1. The number of benzene rings is 1. The lowest BCUT2D eigenvalue weighted by Gasteiger charge is -2.36. The van der Waals surface area contributed by atoms with Crippen LogP contribution >= 0.6 is 35.6 Å². The molecule has 2 heterocycles. The lowest BCUT2D eigenvalue weighted by molar-refractivity contribution is -0.131. The van der Waals surface area contributed by atoms with E-state index in [0.717, 1.165) is 50.8 Å². The minimum atomic E-state index is 0. The fourth-order valence-electron chi connectivity index (χ4n) is 3.93. The molecule has 8 heteroatoms. The van der Waals surface area contributed by atoms with Crippen molar-refractivity contribution in [1.29, 1.82) is 0 Å². The van der Waals surface area contributed by atoms with Gasteiger partial charge in [-0.05, 0) is 51.1 Å². The Labute approximate surface area is 196 Å². The van der Waals surface area contributed by atoms with E-state index in [2.05, 4.69) is 29.1 Å². The number of amides is 1. The SMILES string of the molecule is CCNC(=NCC1CCCN1C)N1CCN(C(=O)Cc2cccc(Cl)c2)CC1.I. The quantitative estimate of drug-likeness (QED) is 0.359. The molecule has 0 saturated carbocycles. The van der Waals surface area contributed by atoms with Crippen LogP contribution < -0.4 is 5.32 Å². The van der Waals surface area contributed by atoms with Gasteiger partial charge in [0.2, 0.25) is 5.91 Å². The van der Waals surface area contributed by atoms with Crippen molar-refractivity contribution < 1.29 is 4.79 Å². The van der Waals surface area contributed by atoms with E-state index in [9.17, 15) is 4.79 Å². The second kappa shape index (κ2) is 12.0. The van der Waals surface area contributed by atoms with E-state index >= 15 is 0 Å². The van der Waals surface area contributed by atoms with E-state index in [-0.39, 0.29) is 29.9 Å². The van der Waals surface area contributed by atoms with Crippen LogP contribution in [0.3, 0.4) is 0 Å². The van der Waals surface area contributed by atoms with Crippen LogP contribution in [-0.2, 0) is 11.2 Å². The fraction of sp³-hybridized carbons (Fsp3) is 0.619. The molecule has 1 unspecified atom stereocenters. The number of likely N-dealkylation sites (N-methyl/N-ethyl adjacent to an activating group) is 1. The Balaban J connectivity index is 0.00000300. The zero-order valence-electron chi connectivity index (χ0n) is 17.4. The highest BCUT2D eigenvalue weighted by Gasteiger charge is 2.24. The molecule has 0 aliphatic carbocycles. The molecule has 2 fully saturated rings. The number of hydrogen-bond donors (Lipinski definition) is 1. The molecule has 2 saturated heterocycles. The minimum Gasteiger partial charge on any atom is -0.357 e. The summed E-state index contributed by atoms with van der Waals surface area (Å²) in [6, 6.07) is 8.10. The predicted octanol–water partition coefficient (Wildman–Crippen LogP) is 2.70. The zero-order chi connectivity index (χ0) is 19.9. The number of guanidine groups is 1. The Morgan fingerprint density at radius 1 is 1.21 bits per heavy atom. The Hall–Kier alpha value is -1.06. The summed E-state index contributed by atoms with van der Waals surface area (Å²) in [5.41, 5.74) is 0.968. The molecule has 0 aromatic heterocycles. The molecule has 29 heavy (non-hydrogen) atoms. The van der Waals surface area contributed by atoms with Gasteiger partial charge in [-0.15, -0.1) is 24.0 Å². The van der Waals surface area contributed by atoms with Gasteiger partial charge in [-0.1, -0.05) is 23.7 Å². The van der Waals surface area contributed by atoms with Gasteiger partial charge in [-0.2, -0.15) is 0 Å². The van der Waals surface area contributed by atoms with Crippen LogP contribution in [-0.4, -0.2) is 85.5 Å². The lowest BCUT2D eigenvalue weighted by Crippen LogP contribution is -2.54. The molecule has 162 valence electrons. The third-order valence-electron chi connectivity index (χ3n) is 5.63. The number of nitrogens with zero attached hydrogens (tertiary/aromatic N) is 4. The molecule has 3 rings (SSSR count). The molecule has 0 radical (unpaired) electrons. The molecule has 0 spiro atoms. The molecule has 6 nitrogen and oxygen atoms in total. The van der Waals surface area contributed by atoms with Gasteiger partial charge in [0.05, 0.1) is 13.0 Å². The monoisotopic (exact) mass is 533 g/mol. The third-order valence-corrected chi connectivity index (χ3v) is 5.87. The van der Waals surface area contributed by atoms with Gasteiger partial charge >= 0.3 is 0 Å². The summed E-state index contributed by atoms with van der Waals surface area (Å²) >= 11 is 6.03. The number of halogens is 2. The highest BCUT2D eigenvalue weighted by Crippen LogP contribution is 2.15. The van der Waals surface area contributed by atoms with Crippen LogP contribution in [0.5, 0.6) is 0 Å². The molecule has 2 aliphatic rings. The summed E-state index contributed by atoms with van der Waals surface area (Å²) in [6.07, 6.45) is 2.90. The Morgan fingerprint density at radius 3 is 2.55 bits per heavy atom. The summed E-state index contributed by atoms with van der Waals surface area (Å²) in [4.78, 5) is 24.2. The van der Waals surface area contributed by atoms with Crippen LogP contribution in [0.2, 0.25) is 5.02 Å². The number of likely N-dealkylation sites (tertiary alicyclic amines) is 1. The first-order valence-corrected chi connectivity index (χ1v) is 10.7. The maximum atomic E-state index is 12.6. The van der Waals surface area contributed by atoms with E-state index in [4.69, 9.17) is 16.6 Å². The standard InChI is InChI=1S/C21H32ClN5O.HI/c1-3-23-21(24-16-19-8-5-9-25(19)2)27-12-10-26(11-13-27)20(28)15-17-6-4-7-18(22)14-17;/h4,6-7,14,19H,3,5,8-13,15-16H2,1-2H3,(H,23,24);1H. The highest BCUT2D eigenvalue weighted by molar-refractivity contribution is 14.0. The van der Waals surface area contributed by atoms with Crippen LogP contribution in [0.1, 0.15) is 25.3 Å². The Morgan fingerprint density at radius 2 is 1.93 bits per heavy atom. The second-order valence-corrected chi connectivity index (χ2v) is 8.08. The topological polar surface area (TPSA) is 51.2 Å². The molecule has 1 N–H and O–H groups in total. The van der Waals surface area contributed by atoms with Crippen molar-refractivity contribution in [1.82, 2.24) is 20.0 Å². The zero-order valence-corrected chi connectivity index (χ0v) is 20.5. The highest BCUT2D eigenvalue weighted by atomic mass is 127. The van der Waals surface area contributed by atoms with E-state index in [1.807, 2.05) is 29.2 Å². The van der Waals surface area contributed by atoms with Gasteiger partial charge in [-0.3, -0.25) is 9.79 Å².